The Morgan fingerprint density at radius 1 is 1.02 bits per heavy atom. The molecular weight excluding hydrogens is 582 g/mol. The Labute approximate surface area is 269 Å². The van der Waals surface area contributed by atoms with E-state index in [0.717, 1.165) is 40.2 Å². The van der Waals surface area contributed by atoms with Gasteiger partial charge in [-0.2, -0.15) is 0 Å². The molecule has 1 fully saturated rings. The fraction of sp³-hybridized carbons (Fsp3) is 0.389. The number of aliphatic hydroxyl groups excluding tert-OH is 1. The molecule has 4 unspecified atom stereocenters. The zero-order valence-electron chi connectivity index (χ0n) is 26.4. The summed E-state index contributed by atoms with van der Waals surface area (Å²) in [5.74, 6) is -0.0660. The normalized spacial score (nSPS) is 16.8. The predicted molar refractivity (Wildman–Crippen MR) is 178 cm³/mol. The number of aliphatic hydroxyl groups is 1. The van der Waals surface area contributed by atoms with Crippen LogP contribution in [0.3, 0.4) is 0 Å². The number of aromatic nitrogens is 2. The van der Waals surface area contributed by atoms with Crippen LogP contribution in [0.15, 0.2) is 78.4 Å². The van der Waals surface area contributed by atoms with Crippen LogP contribution >= 0.6 is 11.3 Å². The van der Waals surface area contributed by atoms with Crippen molar-refractivity contribution in [3.63, 3.8) is 0 Å². The SMILES string of the molecule is Cc1csc(C2CCCN2C(=O)c2cccc(C(=O)NC(Cc3ccccc3)C(O)CNC(C)c3cncc(C(C)C)c3)c2)n1. The Morgan fingerprint density at radius 3 is 2.51 bits per heavy atom. The number of nitrogens with zero attached hydrogens (tertiary/aromatic N) is 3. The van der Waals surface area contributed by atoms with Crippen LogP contribution in [-0.4, -0.2) is 57.0 Å². The zero-order valence-corrected chi connectivity index (χ0v) is 27.3. The first-order valence-corrected chi connectivity index (χ1v) is 16.6. The Morgan fingerprint density at radius 2 is 1.78 bits per heavy atom. The summed E-state index contributed by atoms with van der Waals surface area (Å²) in [6.07, 6.45) is 5.11. The number of carbonyl (C=O) groups excluding carboxylic acids is 2. The van der Waals surface area contributed by atoms with Crippen molar-refractivity contribution < 1.29 is 14.7 Å². The Balaban J connectivity index is 1.28. The van der Waals surface area contributed by atoms with E-state index in [2.05, 4.69) is 40.5 Å². The zero-order chi connectivity index (χ0) is 31.9. The van der Waals surface area contributed by atoms with E-state index in [-0.39, 0.29) is 30.4 Å². The molecule has 2 aromatic carbocycles. The van der Waals surface area contributed by atoms with Gasteiger partial charge in [-0.3, -0.25) is 14.6 Å². The summed E-state index contributed by atoms with van der Waals surface area (Å²) in [7, 11) is 0. The summed E-state index contributed by atoms with van der Waals surface area (Å²) in [6, 6.07) is 18.2. The van der Waals surface area contributed by atoms with Gasteiger partial charge in [-0.25, -0.2) is 4.98 Å². The molecule has 3 heterocycles. The van der Waals surface area contributed by atoms with Gasteiger partial charge in [0.25, 0.3) is 11.8 Å². The monoisotopic (exact) mass is 625 g/mol. The van der Waals surface area contributed by atoms with E-state index >= 15 is 0 Å². The first kappa shape index (κ1) is 32.5. The molecule has 4 aromatic rings. The molecule has 1 saturated heterocycles. The van der Waals surface area contributed by atoms with Crippen molar-refractivity contribution >= 4 is 23.2 Å². The third-order valence-electron chi connectivity index (χ3n) is 8.47. The highest BCUT2D eigenvalue weighted by Crippen LogP contribution is 2.34. The molecule has 0 saturated carbocycles. The average molecular weight is 626 g/mol. The molecule has 0 aliphatic carbocycles. The number of rotatable bonds is 12. The number of thiazole rings is 1. The molecule has 1 aliphatic heterocycles. The number of carbonyl (C=O) groups is 2. The highest BCUT2D eigenvalue weighted by molar-refractivity contribution is 7.09. The van der Waals surface area contributed by atoms with Crippen LogP contribution in [-0.2, 0) is 6.42 Å². The smallest absolute Gasteiger partial charge is 0.254 e. The van der Waals surface area contributed by atoms with Crippen LogP contribution in [0.2, 0.25) is 0 Å². The van der Waals surface area contributed by atoms with E-state index in [1.165, 1.54) is 0 Å². The fourth-order valence-corrected chi connectivity index (χ4v) is 6.68. The number of hydrogen-bond donors (Lipinski definition) is 3. The molecule has 0 spiro atoms. The molecule has 4 atom stereocenters. The average Bonchev–Trinajstić information content (AvgIpc) is 3.72. The lowest BCUT2D eigenvalue weighted by atomic mass is 9.99. The van der Waals surface area contributed by atoms with Gasteiger partial charge in [0.1, 0.15) is 5.01 Å². The van der Waals surface area contributed by atoms with Crippen LogP contribution in [0, 0.1) is 6.92 Å². The van der Waals surface area contributed by atoms with Gasteiger partial charge in [0, 0.05) is 53.7 Å². The number of amides is 2. The van der Waals surface area contributed by atoms with Gasteiger partial charge in [-0.15, -0.1) is 11.3 Å². The maximum atomic E-state index is 13.6. The molecule has 5 rings (SSSR count). The van der Waals surface area contributed by atoms with Crippen LogP contribution in [0.4, 0.5) is 0 Å². The number of hydrogen-bond acceptors (Lipinski definition) is 7. The van der Waals surface area contributed by atoms with Gasteiger partial charge in [-0.1, -0.05) is 56.3 Å². The lowest BCUT2D eigenvalue weighted by Gasteiger charge is -2.27. The third kappa shape index (κ3) is 8.22. The maximum absolute atomic E-state index is 13.6. The van der Waals surface area contributed by atoms with Crippen molar-refractivity contribution in [2.75, 3.05) is 13.1 Å². The molecule has 2 amide bonds. The molecule has 45 heavy (non-hydrogen) atoms. The number of likely N-dealkylation sites (tertiary alicyclic amines) is 1. The first-order chi connectivity index (χ1) is 21.7. The second-order valence-corrected chi connectivity index (χ2v) is 13.1. The minimum atomic E-state index is -0.866. The second-order valence-electron chi connectivity index (χ2n) is 12.2. The lowest BCUT2D eigenvalue weighted by molar-refractivity contribution is 0.0735. The largest absolute Gasteiger partial charge is 0.390 e. The van der Waals surface area contributed by atoms with Gasteiger partial charge < -0.3 is 20.6 Å². The van der Waals surface area contributed by atoms with E-state index in [0.29, 0.717) is 30.0 Å². The van der Waals surface area contributed by atoms with Gasteiger partial charge >= 0.3 is 0 Å². The first-order valence-electron chi connectivity index (χ1n) is 15.7. The number of nitrogens with one attached hydrogen (secondary N) is 2. The minimum Gasteiger partial charge on any atom is -0.390 e. The molecule has 3 N–H and O–H groups in total. The van der Waals surface area contributed by atoms with Crippen molar-refractivity contribution in [3.8, 4) is 0 Å². The lowest BCUT2D eigenvalue weighted by Crippen LogP contribution is -2.49. The summed E-state index contributed by atoms with van der Waals surface area (Å²) >= 11 is 1.59. The molecule has 236 valence electrons. The van der Waals surface area contributed by atoms with Crippen LogP contribution in [0.1, 0.15) is 99.7 Å². The Bertz CT molecular complexity index is 1590. The number of aryl methyl sites for hydroxylation is 1. The summed E-state index contributed by atoms with van der Waals surface area (Å²) in [6.45, 7) is 9.21. The Kier molecular flexibility index (Phi) is 10.8. The third-order valence-corrected chi connectivity index (χ3v) is 9.53. The summed E-state index contributed by atoms with van der Waals surface area (Å²) in [5.41, 5.74) is 5.02. The van der Waals surface area contributed by atoms with Crippen molar-refractivity contribution in [2.24, 2.45) is 0 Å². The molecular formula is C36H43N5O3S. The standard InChI is InChI=1S/C36H43N5O3S/c1-23(2)29-18-30(20-37-19-29)25(4)38-21-33(42)31(16-26-10-6-5-7-11-26)40-34(43)27-12-8-13-28(17-27)36(44)41-15-9-14-32(41)35-39-24(3)22-45-35/h5-8,10-13,17-20,22-23,25,31-33,38,42H,9,14-16,21H2,1-4H3,(H,40,43). The second kappa shape index (κ2) is 14.9. The fourth-order valence-electron chi connectivity index (χ4n) is 5.74. The van der Waals surface area contributed by atoms with Crippen LogP contribution in [0.5, 0.6) is 0 Å². The van der Waals surface area contributed by atoms with Gasteiger partial charge in [0.2, 0.25) is 0 Å². The summed E-state index contributed by atoms with van der Waals surface area (Å²) in [5, 5.41) is 20.8. The summed E-state index contributed by atoms with van der Waals surface area (Å²) < 4.78 is 0. The molecule has 2 aromatic heterocycles. The molecule has 8 nitrogen and oxygen atoms in total. The predicted octanol–water partition coefficient (Wildman–Crippen LogP) is 6.00. The van der Waals surface area contributed by atoms with Gasteiger partial charge in [0.15, 0.2) is 0 Å². The topological polar surface area (TPSA) is 107 Å². The molecule has 9 heteroatoms. The van der Waals surface area contributed by atoms with Crippen molar-refractivity contribution in [2.45, 2.75) is 77.1 Å². The van der Waals surface area contributed by atoms with E-state index < -0.39 is 12.1 Å². The highest BCUT2D eigenvalue weighted by atomic mass is 32.1. The van der Waals surface area contributed by atoms with Gasteiger partial charge in [0.05, 0.1) is 18.2 Å². The van der Waals surface area contributed by atoms with Gasteiger partial charge in [-0.05, 0) is 73.9 Å². The van der Waals surface area contributed by atoms with E-state index in [1.54, 1.807) is 35.6 Å². The molecule has 0 radical (unpaired) electrons. The van der Waals surface area contributed by atoms with E-state index in [4.69, 9.17) is 0 Å². The number of pyridine rings is 1. The van der Waals surface area contributed by atoms with E-state index in [9.17, 15) is 14.7 Å². The molecule has 0 bridgehead atoms. The van der Waals surface area contributed by atoms with Crippen LogP contribution < -0.4 is 10.6 Å². The quantitative estimate of drug-likeness (QED) is 0.178. The highest BCUT2D eigenvalue weighted by Gasteiger charge is 2.33. The minimum absolute atomic E-state index is 0.0377. The molecule has 1 aliphatic rings. The Hall–Kier alpha value is -3.92. The number of benzene rings is 2. The van der Waals surface area contributed by atoms with E-state index in [1.807, 2.05) is 66.9 Å². The maximum Gasteiger partial charge on any atom is 0.254 e. The van der Waals surface area contributed by atoms with Crippen molar-refractivity contribution in [1.82, 2.24) is 25.5 Å². The van der Waals surface area contributed by atoms with Crippen molar-refractivity contribution in [3.05, 3.63) is 117 Å². The van der Waals surface area contributed by atoms with Crippen LogP contribution in [0.25, 0.3) is 0 Å². The summed E-state index contributed by atoms with van der Waals surface area (Å²) in [4.78, 5) is 38.1. The van der Waals surface area contributed by atoms with Crippen molar-refractivity contribution in [1.29, 1.82) is 0 Å².